The third-order valence-corrected chi connectivity index (χ3v) is 4.05. The van der Waals surface area contributed by atoms with Crippen LogP contribution in [0.2, 0.25) is 0 Å². The van der Waals surface area contributed by atoms with Crippen molar-refractivity contribution in [2.75, 3.05) is 13.1 Å². The molecular weight excluding hydrogens is 224 g/mol. The Morgan fingerprint density at radius 1 is 1.39 bits per heavy atom. The molecule has 0 aliphatic rings. The fraction of sp³-hybridized carbons (Fsp3) is 0.786. The van der Waals surface area contributed by atoms with Gasteiger partial charge in [0.1, 0.15) is 0 Å². The molecule has 0 saturated heterocycles. The van der Waals surface area contributed by atoms with Gasteiger partial charge in [-0.25, -0.2) is 0 Å². The van der Waals surface area contributed by atoms with Gasteiger partial charge in [-0.15, -0.1) is 0 Å². The van der Waals surface area contributed by atoms with Crippen LogP contribution >= 0.6 is 0 Å². The zero-order chi connectivity index (χ0) is 13.8. The van der Waals surface area contributed by atoms with E-state index in [4.69, 9.17) is 5.73 Å². The first-order chi connectivity index (χ1) is 8.43. The van der Waals surface area contributed by atoms with Crippen LogP contribution in [0.1, 0.15) is 43.6 Å². The van der Waals surface area contributed by atoms with Crippen LogP contribution < -0.4 is 11.1 Å². The predicted octanol–water partition coefficient (Wildman–Crippen LogP) is 1.69. The molecule has 0 fully saturated rings. The Balaban J connectivity index is 2.43. The lowest BCUT2D eigenvalue weighted by atomic mass is 9.99. The Bertz CT molecular complexity index is 377. The Labute approximate surface area is 111 Å². The molecule has 0 radical (unpaired) electrons. The maximum absolute atomic E-state index is 5.79. The SMILES string of the molecule is CCC(C)(CN)NCCCc1c(C)nn(C)c1C. The molecule has 0 bridgehead atoms. The fourth-order valence-electron chi connectivity index (χ4n) is 2.18. The molecule has 104 valence electrons. The number of aromatic nitrogens is 2. The zero-order valence-corrected chi connectivity index (χ0v) is 12.5. The molecule has 1 aromatic heterocycles. The monoisotopic (exact) mass is 252 g/mol. The molecule has 0 spiro atoms. The van der Waals surface area contributed by atoms with Crippen LogP contribution in [0.3, 0.4) is 0 Å². The molecule has 1 unspecified atom stereocenters. The minimum absolute atomic E-state index is 0.0824. The summed E-state index contributed by atoms with van der Waals surface area (Å²) in [5.41, 5.74) is 9.70. The fourth-order valence-corrected chi connectivity index (χ4v) is 2.18. The van der Waals surface area contributed by atoms with Gasteiger partial charge in [0.15, 0.2) is 0 Å². The summed E-state index contributed by atoms with van der Waals surface area (Å²) >= 11 is 0. The van der Waals surface area contributed by atoms with Gasteiger partial charge in [0.25, 0.3) is 0 Å². The number of hydrogen-bond donors (Lipinski definition) is 2. The molecule has 0 aliphatic heterocycles. The first-order valence-corrected chi connectivity index (χ1v) is 6.87. The molecule has 0 aromatic carbocycles. The van der Waals surface area contributed by atoms with E-state index in [2.05, 4.69) is 38.1 Å². The van der Waals surface area contributed by atoms with Gasteiger partial charge in [0, 0.05) is 24.8 Å². The van der Waals surface area contributed by atoms with E-state index >= 15 is 0 Å². The lowest BCUT2D eigenvalue weighted by molar-refractivity contribution is 0.351. The Morgan fingerprint density at radius 3 is 2.50 bits per heavy atom. The average Bonchev–Trinajstić information content (AvgIpc) is 2.60. The van der Waals surface area contributed by atoms with Crippen LogP contribution in [0, 0.1) is 13.8 Å². The van der Waals surface area contributed by atoms with E-state index in [0.29, 0.717) is 6.54 Å². The van der Waals surface area contributed by atoms with Crippen LogP contribution in [0.5, 0.6) is 0 Å². The summed E-state index contributed by atoms with van der Waals surface area (Å²) < 4.78 is 1.97. The van der Waals surface area contributed by atoms with Crippen molar-refractivity contribution in [1.29, 1.82) is 0 Å². The highest BCUT2D eigenvalue weighted by molar-refractivity contribution is 5.24. The Hall–Kier alpha value is -0.870. The summed E-state index contributed by atoms with van der Waals surface area (Å²) in [7, 11) is 2.01. The first-order valence-electron chi connectivity index (χ1n) is 6.87. The van der Waals surface area contributed by atoms with Gasteiger partial charge in [0.2, 0.25) is 0 Å². The van der Waals surface area contributed by atoms with Crippen molar-refractivity contribution >= 4 is 0 Å². The maximum Gasteiger partial charge on any atom is 0.0628 e. The highest BCUT2D eigenvalue weighted by Gasteiger charge is 2.18. The van der Waals surface area contributed by atoms with E-state index in [-0.39, 0.29) is 5.54 Å². The summed E-state index contributed by atoms with van der Waals surface area (Å²) in [6.07, 6.45) is 3.28. The van der Waals surface area contributed by atoms with Crippen molar-refractivity contribution in [2.24, 2.45) is 12.8 Å². The van der Waals surface area contributed by atoms with Crippen molar-refractivity contribution in [1.82, 2.24) is 15.1 Å². The molecule has 0 amide bonds. The predicted molar refractivity (Wildman–Crippen MR) is 76.8 cm³/mol. The third-order valence-electron chi connectivity index (χ3n) is 4.05. The first kappa shape index (κ1) is 15.2. The van der Waals surface area contributed by atoms with Gasteiger partial charge < -0.3 is 11.1 Å². The maximum atomic E-state index is 5.79. The molecule has 3 N–H and O–H groups in total. The van der Waals surface area contributed by atoms with E-state index < -0.39 is 0 Å². The van der Waals surface area contributed by atoms with Crippen LogP contribution in [0.25, 0.3) is 0 Å². The smallest absolute Gasteiger partial charge is 0.0628 e. The van der Waals surface area contributed by atoms with Crippen molar-refractivity contribution in [3.63, 3.8) is 0 Å². The normalized spacial score (nSPS) is 14.8. The van der Waals surface area contributed by atoms with E-state index in [9.17, 15) is 0 Å². The molecule has 4 heteroatoms. The molecule has 18 heavy (non-hydrogen) atoms. The number of hydrogen-bond acceptors (Lipinski definition) is 3. The van der Waals surface area contributed by atoms with Crippen molar-refractivity contribution < 1.29 is 0 Å². The minimum atomic E-state index is 0.0824. The molecule has 1 heterocycles. The largest absolute Gasteiger partial charge is 0.329 e. The number of aryl methyl sites for hydroxylation is 2. The summed E-state index contributed by atoms with van der Waals surface area (Å²) in [5, 5.41) is 8.01. The summed E-state index contributed by atoms with van der Waals surface area (Å²) in [4.78, 5) is 0. The summed E-state index contributed by atoms with van der Waals surface area (Å²) in [6.45, 7) is 10.3. The van der Waals surface area contributed by atoms with Gasteiger partial charge in [-0.2, -0.15) is 5.10 Å². The van der Waals surface area contributed by atoms with Gasteiger partial charge >= 0.3 is 0 Å². The summed E-state index contributed by atoms with van der Waals surface area (Å²) in [5.74, 6) is 0. The van der Waals surface area contributed by atoms with E-state index in [0.717, 1.165) is 31.5 Å². The standard InChI is InChI=1S/C14H28N4/c1-6-14(4,10-15)16-9-7-8-13-11(2)17-18(5)12(13)3/h16H,6-10,15H2,1-5H3. The van der Waals surface area contributed by atoms with Crippen LogP contribution in [-0.4, -0.2) is 28.4 Å². The minimum Gasteiger partial charge on any atom is -0.329 e. The number of rotatable bonds is 7. The van der Waals surface area contributed by atoms with E-state index in [1.54, 1.807) is 0 Å². The Morgan fingerprint density at radius 2 is 2.06 bits per heavy atom. The second kappa shape index (κ2) is 6.34. The topological polar surface area (TPSA) is 55.9 Å². The third kappa shape index (κ3) is 3.56. The molecule has 0 aliphatic carbocycles. The van der Waals surface area contributed by atoms with E-state index in [1.165, 1.54) is 11.3 Å². The van der Waals surface area contributed by atoms with Crippen molar-refractivity contribution in [3.05, 3.63) is 17.0 Å². The zero-order valence-electron chi connectivity index (χ0n) is 12.5. The number of nitrogens with zero attached hydrogens (tertiary/aromatic N) is 2. The van der Waals surface area contributed by atoms with Gasteiger partial charge in [-0.05, 0) is 52.1 Å². The number of nitrogens with one attached hydrogen (secondary N) is 1. The quantitative estimate of drug-likeness (QED) is 0.726. The molecule has 1 aromatic rings. The van der Waals surface area contributed by atoms with Crippen LogP contribution in [-0.2, 0) is 13.5 Å². The van der Waals surface area contributed by atoms with Gasteiger partial charge in [-0.3, -0.25) is 4.68 Å². The number of nitrogens with two attached hydrogens (primary N) is 1. The summed E-state index contributed by atoms with van der Waals surface area (Å²) in [6, 6.07) is 0. The van der Waals surface area contributed by atoms with E-state index in [1.807, 2.05) is 11.7 Å². The molecule has 4 nitrogen and oxygen atoms in total. The molecular formula is C14H28N4. The van der Waals surface area contributed by atoms with Crippen molar-refractivity contribution in [3.8, 4) is 0 Å². The average molecular weight is 252 g/mol. The van der Waals surface area contributed by atoms with Gasteiger partial charge in [0.05, 0.1) is 5.69 Å². The van der Waals surface area contributed by atoms with Crippen molar-refractivity contribution in [2.45, 2.75) is 52.5 Å². The van der Waals surface area contributed by atoms with Crippen LogP contribution in [0.4, 0.5) is 0 Å². The molecule has 0 saturated carbocycles. The lowest BCUT2D eigenvalue weighted by Crippen LogP contribution is -2.48. The second-order valence-corrected chi connectivity index (χ2v) is 5.42. The lowest BCUT2D eigenvalue weighted by Gasteiger charge is -2.28. The van der Waals surface area contributed by atoms with Crippen LogP contribution in [0.15, 0.2) is 0 Å². The van der Waals surface area contributed by atoms with Gasteiger partial charge in [-0.1, -0.05) is 6.92 Å². The molecule has 1 rings (SSSR count). The highest BCUT2D eigenvalue weighted by Crippen LogP contribution is 2.14. The molecule has 1 atom stereocenters. The highest BCUT2D eigenvalue weighted by atomic mass is 15.3. The Kier molecular flexibility index (Phi) is 5.35. The second-order valence-electron chi connectivity index (χ2n) is 5.42.